The number of halogens is 2. The van der Waals surface area contributed by atoms with Crippen LogP contribution < -0.4 is 0 Å². The maximum Gasteiger partial charge on any atom is 0.309 e. The van der Waals surface area contributed by atoms with Gasteiger partial charge < -0.3 is 14.5 Å². The fraction of sp³-hybridized carbons (Fsp3) is 0.526. The third kappa shape index (κ3) is 6.11. The molecule has 6 nitrogen and oxygen atoms in total. The number of rotatable bonds is 6. The summed E-state index contributed by atoms with van der Waals surface area (Å²) in [7, 11) is 1.60. The van der Waals surface area contributed by atoms with Gasteiger partial charge in [-0.3, -0.25) is 14.4 Å². The molecule has 2 rings (SSSR count). The van der Waals surface area contributed by atoms with Crippen molar-refractivity contribution in [3.05, 3.63) is 33.8 Å². The summed E-state index contributed by atoms with van der Waals surface area (Å²) < 4.78 is 5.03. The Kier molecular flexibility index (Phi) is 7.92. The van der Waals surface area contributed by atoms with Gasteiger partial charge in [-0.15, -0.1) is 0 Å². The van der Waals surface area contributed by atoms with Crippen molar-refractivity contribution in [1.29, 1.82) is 0 Å². The van der Waals surface area contributed by atoms with Crippen LogP contribution in [0.2, 0.25) is 10.0 Å². The summed E-state index contributed by atoms with van der Waals surface area (Å²) in [6, 6.07) is 5.03. The summed E-state index contributed by atoms with van der Waals surface area (Å²) in [5.74, 6) is -0.646. The number of amides is 2. The number of hydrogen-bond donors (Lipinski definition) is 0. The van der Waals surface area contributed by atoms with E-state index in [1.54, 1.807) is 37.1 Å². The van der Waals surface area contributed by atoms with Gasteiger partial charge in [0.1, 0.15) is 0 Å². The lowest BCUT2D eigenvalue weighted by molar-refractivity contribution is -0.151. The predicted molar refractivity (Wildman–Crippen MR) is 104 cm³/mol. The molecule has 0 saturated carbocycles. The largest absolute Gasteiger partial charge is 0.466 e. The highest BCUT2D eigenvalue weighted by molar-refractivity contribution is 6.42. The number of benzene rings is 1. The topological polar surface area (TPSA) is 66.9 Å². The van der Waals surface area contributed by atoms with Crippen molar-refractivity contribution < 1.29 is 19.1 Å². The zero-order valence-electron chi connectivity index (χ0n) is 15.5. The number of carbonyl (C=O) groups excluding carboxylic acids is 3. The van der Waals surface area contributed by atoms with E-state index in [0.29, 0.717) is 42.6 Å². The maximum absolute atomic E-state index is 12.4. The first-order valence-electron chi connectivity index (χ1n) is 8.94. The average molecular weight is 415 g/mol. The molecule has 1 aromatic rings. The Hall–Kier alpha value is -1.79. The molecule has 0 atom stereocenters. The van der Waals surface area contributed by atoms with Gasteiger partial charge >= 0.3 is 5.97 Å². The second-order valence-electron chi connectivity index (χ2n) is 6.58. The fourth-order valence-electron chi connectivity index (χ4n) is 2.97. The van der Waals surface area contributed by atoms with E-state index < -0.39 is 0 Å². The van der Waals surface area contributed by atoms with Crippen molar-refractivity contribution in [2.75, 3.05) is 33.3 Å². The minimum Gasteiger partial charge on any atom is -0.466 e. The summed E-state index contributed by atoms with van der Waals surface area (Å²) in [5.41, 5.74) is 0.740. The summed E-state index contributed by atoms with van der Waals surface area (Å²) in [6.07, 6.45) is 1.32. The first-order valence-corrected chi connectivity index (χ1v) is 9.69. The quantitative estimate of drug-likeness (QED) is 0.671. The number of esters is 1. The van der Waals surface area contributed by atoms with Crippen molar-refractivity contribution in [2.45, 2.75) is 26.2 Å². The van der Waals surface area contributed by atoms with Gasteiger partial charge in [0.05, 0.1) is 35.5 Å². The molecule has 0 unspecified atom stereocenters. The highest BCUT2D eigenvalue weighted by Gasteiger charge is 2.28. The molecule has 0 bridgehead atoms. The van der Waals surface area contributed by atoms with Crippen molar-refractivity contribution in [3.63, 3.8) is 0 Å². The molecule has 27 heavy (non-hydrogen) atoms. The number of nitrogens with zero attached hydrogens (tertiary/aromatic N) is 2. The monoisotopic (exact) mass is 414 g/mol. The van der Waals surface area contributed by atoms with E-state index in [1.165, 1.54) is 4.90 Å². The summed E-state index contributed by atoms with van der Waals surface area (Å²) in [6.45, 7) is 3.14. The van der Waals surface area contributed by atoms with Gasteiger partial charge in [0.25, 0.3) is 0 Å². The van der Waals surface area contributed by atoms with Crippen LogP contribution in [0.4, 0.5) is 0 Å². The Morgan fingerprint density at radius 2 is 1.85 bits per heavy atom. The lowest BCUT2D eigenvalue weighted by atomic mass is 9.97. The SMILES string of the molecule is CCOC(=O)C1CCN(C(=O)CN(C)C(=O)Cc2ccc(Cl)c(Cl)c2)CC1. The van der Waals surface area contributed by atoms with E-state index in [1.807, 2.05) is 0 Å². The number of carbonyl (C=O) groups is 3. The van der Waals surface area contributed by atoms with E-state index in [4.69, 9.17) is 27.9 Å². The number of ether oxygens (including phenoxy) is 1. The van der Waals surface area contributed by atoms with Gasteiger partial charge in [-0.25, -0.2) is 0 Å². The van der Waals surface area contributed by atoms with Gasteiger partial charge in [0.2, 0.25) is 11.8 Å². The number of piperidine rings is 1. The minimum atomic E-state index is -0.196. The molecular formula is C19H24Cl2N2O4. The van der Waals surface area contributed by atoms with E-state index in [2.05, 4.69) is 0 Å². The Morgan fingerprint density at radius 1 is 1.19 bits per heavy atom. The molecule has 1 aromatic carbocycles. The highest BCUT2D eigenvalue weighted by atomic mass is 35.5. The fourth-order valence-corrected chi connectivity index (χ4v) is 3.30. The predicted octanol–water partition coefficient (Wildman–Crippen LogP) is 2.80. The first-order chi connectivity index (χ1) is 12.8. The van der Waals surface area contributed by atoms with Gasteiger partial charge in [-0.1, -0.05) is 29.3 Å². The van der Waals surface area contributed by atoms with Crippen LogP contribution in [0.3, 0.4) is 0 Å². The van der Waals surface area contributed by atoms with Gasteiger partial charge in [-0.2, -0.15) is 0 Å². The van der Waals surface area contributed by atoms with E-state index >= 15 is 0 Å². The van der Waals surface area contributed by atoms with Crippen molar-refractivity contribution >= 4 is 41.0 Å². The highest BCUT2D eigenvalue weighted by Crippen LogP contribution is 2.23. The minimum absolute atomic E-state index is 0.00419. The lowest BCUT2D eigenvalue weighted by Crippen LogP contribution is -2.45. The Bertz CT molecular complexity index is 703. The second kappa shape index (κ2) is 9.95. The summed E-state index contributed by atoms with van der Waals surface area (Å²) >= 11 is 11.8. The number of hydrogen-bond acceptors (Lipinski definition) is 4. The molecule has 1 saturated heterocycles. The van der Waals surface area contributed by atoms with Crippen LogP contribution in [-0.4, -0.2) is 60.9 Å². The zero-order valence-corrected chi connectivity index (χ0v) is 17.1. The Balaban J connectivity index is 1.82. The molecule has 0 spiro atoms. The van der Waals surface area contributed by atoms with Crippen LogP contribution in [0.25, 0.3) is 0 Å². The number of likely N-dealkylation sites (tertiary alicyclic amines) is 1. The van der Waals surface area contributed by atoms with Crippen LogP contribution in [0.5, 0.6) is 0 Å². The lowest BCUT2D eigenvalue weighted by Gasteiger charge is -2.32. The molecule has 1 fully saturated rings. The normalized spacial score (nSPS) is 14.7. The van der Waals surface area contributed by atoms with E-state index in [9.17, 15) is 14.4 Å². The molecule has 2 amide bonds. The van der Waals surface area contributed by atoms with Crippen LogP contribution in [0.15, 0.2) is 18.2 Å². The standard InChI is InChI=1S/C19H24Cl2N2O4/c1-3-27-19(26)14-6-8-23(9-7-14)18(25)12-22(2)17(24)11-13-4-5-15(20)16(21)10-13/h4-5,10,14H,3,6-9,11-12H2,1-2H3. The van der Waals surface area contributed by atoms with Crippen LogP contribution in [0.1, 0.15) is 25.3 Å². The van der Waals surface area contributed by atoms with Crippen LogP contribution in [0, 0.1) is 5.92 Å². The molecular weight excluding hydrogens is 391 g/mol. The molecule has 1 heterocycles. The van der Waals surface area contributed by atoms with Crippen molar-refractivity contribution in [2.24, 2.45) is 5.92 Å². The maximum atomic E-state index is 12.4. The molecule has 0 aliphatic carbocycles. The smallest absolute Gasteiger partial charge is 0.309 e. The van der Waals surface area contributed by atoms with Gasteiger partial charge in [0.15, 0.2) is 0 Å². The van der Waals surface area contributed by atoms with Crippen LogP contribution >= 0.6 is 23.2 Å². The molecule has 1 aliphatic heterocycles. The van der Waals surface area contributed by atoms with Crippen LogP contribution in [-0.2, 0) is 25.5 Å². The first kappa shape index (κ1) is 21.5. The molecule has 0 N–H and O–H groups in total. The summed E-state index contributed by atoms with van der Waals surface area (Å²) in [4.78, 5) is 39.7. The third-order valence-electron chi connectivity index (χ3n) is 4.61. The van der Waals surface area contributed by atoms with Crippen molar-refractivity contribution in [3.8, 4) is 0 Å². The molecule has 0 aromatic heterocycles. The summed E-state index contributed by atoms with van der Waals surface area (Å²) in [5, 5.41) is 0.827. The molecule has 148 valence electrons. The van der Waals surface area contributed by atoms with Gasteiger partial charge in [-0.05, 0) is 37.5 Å². The second-order valence-corrected chi connectivity index (χ2v) is 7.40. The molecule has 8 heteroatoms. The molecule has 0 radical (unpaired) electrons. The Morgan fingerprint density at radius 3 is 2.44 bits per heavy atom. The Labute approximate surface area is 169 Å². The van der Waals surface area contributed by atoms with E-state index in [-0.39, 0.29) is 36.7 Å². The zero-order chi connectivity index (χ0) is 20.0. The average Bonchev–Trinajstić information content (AvgIpc) is 2.65. The van der Waals surface area contributed by atoms with Gasteiger partial charge in [0, 0.05) is 20.1 Å². The van der Waals surface area contributed by atoms with E-state index in [0.717, 1.165) is 5.56 Å². The van der Waals surface area contributed by atoms with Crippen molar-refractivity contribution in [1.82, 2.24) is 9.80 Å². The molecule has 1 aliphatic rings. The number of likely N-dealkylation sites (N-methyl/N-ethyl adjacent to an activating group) is 1. The third-order valence-corrected chi connectivity index (χ3v) is 5.34.